The Balaban J connectivity index is 1.88. The molecular formula is C16H16ClN3O2. The van der Waals surface area contributed by atoms with Gasteiger partial charge in [-0.2, -0.15) is 5.53 Å². The van der Waals surface area contributed by atoms with Gasteiger partial charge in [-0.3, -0.25) is 4.79 Å². The predicted octanol–water partition coefficient (Wildman–Crippen LogP) is 2.42. The van der Waals surface area contributed by atoms with Crippen molar-refractivity contribution in [1.29, 1.82) is 0 Å². The number of aryl methyl sites for hydroxylation is 1. The summed E-state index contributed by atoms with van der Waals surface area (Å²) >= 11 is 5.98. The van der Waals surface area contributed by atoms with Gasteiger partial charge < -0.3 is 5.11 Å². The number of hydrogen-bond donors (Lipinski definition) is 4. The molecule has 1 heterocycles. The number of aliphatic carboxylic acids is 1. The van der Waals surface area contributed by atoms with Crippen molar-refractivity contribution < 1.29 is 9.90 Å². The molecule has 1 aliphatic heterocycles. The Morgan fingerprint density at radius 2 is 1.86 bits per heavy atom. The molecule has 2 aromatic carbocycles. The van der Waals surface area contributed by atoms with Crippen molar-refractivity contribution in [2.45, 2.75) is 19.0 Å². The Labute approximate surface area is 133 Å². The fraction of sp³-hybridized carbons (Fsp3) is 0.188. The number of hydrazine groups is 2. The summed E-state index contributed by atoms with van der Waals surface area (Å²) in [5.74, 6) is -0.903. The number of rotatable bonds is 3. The zero-order valence-electron chi connectivity index (χ0n) is 11.9. The van der Waals surface area contributed by atoms with Crippen molar-refractivity contribution in [3.63, 3.8) is 0 Å². The molecule has 3 rings (SSSR count). The van der Waals surface area contributed by atoms with Gasteiger partial charge in [0.05, 0.1) is 6.04 Å². The summed E-state index contributed by atoms with van der Waals surface area (Å²) in [6, 6.07) is 12.6. The van der Waals surface area contributed by atoms with E-state index in [4.69, 9.17) is 11.6 Å². The van der Waals surface area contributed by atoms with E-state index in [2.05, 4.69) is 16.4 Å². The van der Waals surface area contributed by atoms with Gasteiger partial charge >= 0.3 is 5.97 Å². The molecule has 2 atom stereocenters. The van der Waals surface area contributed by atoms with Crippen molar-refractivity contribution in [2.24, 2.45) is 0 Å². The molecular weight excluding hydrogens is 302 g/mol. The first-order chi connectivity index (χ1) is 10.6. The maximum atomic E-state index is 11.2. The Morgan fingerprint density at radius 1 is 1.14 bits per heavy atom. The SMILES string of the molecule is Cc1cc(Cl)ccc1-c1ccc(C2NNNC2C(=O)O)cc1. The monoisotopic (exact) mass is 317 g/mol. The van der Waals surface area contributed by atoms with E-state index in [1.165, 1.54) is 0 Å². The Morgan fingerprint density at radius 3 is 2.50 bits per heavy atom. The number of carbonyl (C=O) groups is 1. The molecule has 1 saturated heterocycles. The predicted molar refractivity (Wildman–Crippen MR) is 85.2 cm³/mol. The van der Waals surface area contributed by atoms with Crippen molar-refractivity contribution in [3.05, 3.63) is 58.6 Å². The summed E-state index contributed by atoms with van der Waals surface area (Å²) in [4.78, 5) is 11.2. The second-order valence-electron chi connectivity index (χ2n) is 5.29. The zero-order chi connectivity index (χ0) is 15.7. The molecule has 2 unspecified atom stereocenters. The van der Waals surface area contributed by atoms with Crippen molar-refractivity contribution >= 4 is 17.6 Å². The number of carboxylic acid groups (broad SMARTS) is 1. The van der Waals surface area contributed by atoms with E-state index in [1.807, 2.05) is 49.4 Å². The molecule has 5 nitrogen and oxygen atoms in total. The highest BCUT2D eigenvalue weighted by Crippen LogP contribution is 2.28. The van der Waals surface area contributed by atoms with Crippen LogP contribution in [-0.4, -0.2) is 17.1 Å². The van der Waals surface area contributed by atoms with Crippen LogP contribution in [0.2, 0.25) is 5.02 Å². The molecule has 6 heteroatoms. The van der Waals surface area contributed by atoms with Gasteiger partial charge in [-0.05, 0) is 41.3 Å². The van der Waals surface area contributed by atoms with Gasteiger partial charge in [0.2, 0.25) is 0 Å². The standard InChI is InChI=1S/C16H16ClN3O2/c1-9-8-12(17)6-7-13(9)10-2-4-11(5-3-10)14-15(16(21)22)19-20-18-14/h2-8,14-15,18-20H,1H3,(H,21,22). The van der Waals surface area contributed by atoms with E-state index in [0.29, 0.717) is 0 Å². The molecule has 0 bridgehead atoms. The largest absolute Gasteiger partial charge is 0.480 e. The van der Waals surface area contributed by atoms with Crippen LogP contribution in [0.1, 0.15) is 17.2 Å². The number of benzene rings is 2. The first-order valence-electron chi connectivity index (χ1n) is 6.91. The van der Waals surface area contributed by atoms with Crippen LogP contribution in [0.3, 0.4) is 0 Å². The van der Waals surface area contributed by atoms with Gasteiger partial charge in [-0.1, -0.05) is 41.9 Å². The van der Waals surface area contributed by atoms with Crippen molar-refractivity contribution in [1.82, 2.24) is 16.4 Å². The fourth-order valence-electron chi connectivity index (χ4n) is 2.66. The maximum absolute atomic E-state index is 11.2. The van der Waals surface area contributed by atoms with E-state index < -0.39 is 12.0 Å². The van der Waals surface area contributed by atoms with Gasteiger partial charge in [0.1, 0.15) is 6.04 Å². The summed E-state index contributed by atoms with van der Waals surface area (Å²) in [5.41, 5.74) is 12.5. The summed E-state index contributed by atoms with van der Waals surface area (Å²) in [6.45, 7) is 2.02. The lowest BCUT2D eigenvalue weighted by molar-refractivity contribution is -0.139. The van der Waals surface area contributed by atoms with Crippen LogP contribution in [0.25, 0.3) is 11.1 Å². The van der Waals surface area contributed by atoms with Crippen LogP contribution >= 0.6 is 11.6 Å². The normalized spacial score (nSPS) is 21.0. The van der Waals surface area contributed by atoms with Gasteiger partial charge in [0.25, 0.3) is 0 Å². The smallest absolute Gasteiger partial charge is 0.324 e. The van der Waals surface area contributed by atoms with Crippen LogP contribution < -0.4 is 16.4 Å². The highest BCUT2D eigenvalue weighted by molar-refractivity contribution is 6.30. The summed E-state index contributed by atoms with van der Waals surface area (Å²) in [5, 5.41) is 9.90. The van der Waals surface area contributed by atoms with Gasteiger partial charge in [0.15, 0.2) is 0 Å². The van der Waals surface area contributed by atoms with E-state index in [9.17, 15) is 9.90 Å². The molecule has 2 aromatic rings. The summed E-state index contributed by atoms with van der Waals surface area (Å²) in [7, 11) is 0. The van der Waals surface area contributed by atoms with Crippen molar-refractivity contribution in [2.75, 3.05) is 0 Å². The van der Waals surface area contributed by atoms with E-state index in [1.54, 1.807) is 0 Å². The van der Waals surface area contributed by atoms with E-state index in [-0.39, 0.29) is 6.04 Å². The third kappa shape index (κ3) is 2.84. The molecule has 1 aliphatic rings. The first-order valence-corrected chi connectivity index (χ1v) is 7.29. The topological polar surface area (TPSA) is 73.4 Å². The Kier molecular flexibility index (Phi) is 4.13. The van der Waals surface area contributed by atoms with Crippen LogP contribution in [0, 0.1) is 6.92 Å². The fourth-order valence-corrected chi connectivity index (χ4v) is 2.89. The lowest BCUT2D eigenvalue weighted by atomic mass is 9.96. The molecule has 0 spiro atoms. The molecule has 1 fully saturated rings. The third-order valence-corrected chi connectivity index (χ3v) is 4.06. The maximum Gasteiger partial charge on any atom is 0.324 e. The van der Waals surface area contributed by atoms with Gasteiger partial charge in [-0.15, -0.1) is 0 Å². The lowest BCUT2D eigenvalue weighted by Crippen LogP contribution is -2.38. The molecule has 0 aliphatic carbocycles. The molecule has 0 saturated carbocycles. The number of carboxylic acids is 1. The minimum atomic E-state index is -0.903. The highest BCUT2D eigenvalue weighted by atomic mass is 35.5. The molecule has 0 radical (unpaired) electrons. The van der Waals surface area contributed by atoms with E-state index >= 15 is 0 Å². The van der Waals surface area contributed by atoms with E-state index in [0.717, 1.165) is 27.3 Å². The minimum Gasteiger partial charge on any atom is -0.480 e. The molecule has 0 aromatic heterocycles. The number of hydrogen-bond acceptors (Lipinski definition) is 4. The summed E-state index contributed by atoms with van der Waals surface area (Å²) < 4.78 is 0. The van der Waals surface area contributed by atoms with Crippen LogP contribution in [0.4, 0.5) is 0 Å². The second kappa shape index (κ2) is 6.06. The molecule has 4 N–H and O–H groups in total. The number of nitrogens with one attached hydrogen (secondary N) is 3. The van der Waals surface area contributed by atoms with Gasteiger partial charge in [0, 0.05) is 5.02 Å². The number of halogens is 1. The van der Waals surface area contributed by atoms with Gasteiger partial charge in [-0.25, -0.2) is 10.9 Å². The quantitative estimate of drug-likeness (QED) is 0.700. The third-order valence-electron chi connectivity index (χ3n) is 3.82. The average molecular weight is 318 g/mol. The molecule has 0 amide bonds. The Bertz CT molecular complexity index is 703. The van der Waals surface area contributed by atoms with Crippen molar-refractivity contribution in [3.8, 4) is 11.1 Å². The first kappa shape index (κ1) is 15.0. The average Bonchev–Trinajstić information content (AvgIpc) is 2.97. The zero-order valence-corrected chi connectivity index (χ0v) is 12.7. The summed E-state index contributed by atoms with van der Waals surface area (Å²) in [6.07, 6.45) is 0. The second-order valence-corrected chi connectivity index (χ2v) is 5.72. The van der Waals surface area contributed by atoms with Crippen LogP contribution in [-0.2, 0) is 4.79 Å². The molecule has 114 valence electrons. The Hall–Kier alpha value is -1.92. The van der Waals surface area contributed by atoms with Crippen LogP contribution in [0.5, 0.6) is 0 Å². The lowest BCUT2D eigenvalue weighted by Gasteiger charge is -2.15. The minimum absolute atomic E-state index is 0.321. The van der Waals surface area contributed by atoms with Crippen LogP contribution in [0.15, 0.2) is 42.5 Å². The molecule has 22 heavy (non-hydrogen) atoms. The highest BCUT2D eigenvalue weighted by Gasteiger charge is 2.33.